The summed E-state index contributed by atoms with van der Waals surface area (Å²) in [4.78, 5) is 38.3. The van der Waals surface area contributed by atoms with Crippen LogP contribution in [0.4, 0.5) is 4.79 Å². The number of esters is 1. The van der Waals surface area contributed by atoms with Gasteiger partial charge in [-0.2, -0.15) is 0 Å². The van der Waals surface area contributed by atoms with Crippen molar-refractivity contribution < 1.29 is 48.3 Å². The molecule has 3 aromatic rings. The fourth-order valence-electron chi connectivity index (χ4n) is 7.40. The summed E-state index contributed by atoms with van der Waals surface area (Å²) >= 11 is 0. The summed E-state index contributed by atoms with van der Waals surface area (Å²) in [5.41, 5.74) is 0.612. The normalized spacial score (nSPS) is 21.2. The van der Waals surface area contributed by atoms with Gasteiger partial charge in [0.15, 0.2) is 5.60 Å². The summed E-state index contributed by atoms with van der Waals surface area (Å²) in [7, 11) is 0. The van der Waals surface area contributed by atoms with Crippen molar-refractivity contribution in [2.75, 3.05) is 46.1 Å². The lowest BCUT2D eigenvalue weighted by Crippen LogP contribution is -2.33. The minimum atomic E-state index is -1.40. The molecule has 0 saturated heterocycles. The van der Waals surface area contributed by atoms with Gasteiger partial charge in [-0.05, 0) is 79.8 Å². The summed E-state index contributed by atoms with van der Waals surface area (Å²) < 4.78 is 28.5. The number of benzene rings is 3. The first-order valence-corrected chi connectivity index (χ1v) is 17.1. The van der Waals surface area contributed by atoms with Crippen molar-refractivity contribution in [3.8, 4) is 23.0 Å². The molecule has 2 amide bonds. The van der Waals surface area contributed by atoms with Crippen molar-refractivity contribution >= 4 is 18.0 Å². The smallest absolute Gasteiger partial charge is 0.407 e. The average Bonchev–Trinajstić information content (AvgIpc) is 3.65. The summed E-state index contributed by atoms with van der Waals surface area (Å²) in [6.07, 6.45) is 8.68. The molecule has 2 aliphatic carbocycles. The molecule has 0 bridgehead atoms. The summed E-state index contributed by atoms with van der Waals surface area (Å²) in [6.45, 7) is 2.28. The van der Waals surface area contributed by atoms with Crippen LogP contribution in [0.25, 0.3) is 0 Å². The standard InChI is InChI=1S/C38H40N2O10/c41-24-8-11-31-33(20-24)49-34-21-25(42)9-12-32(34)38(31)30-10-7-23(19-28(30)36(44)50-38)35(43)39-13-15-46-17-18-47-16-14-40-37(45)48-22-29-26-5-3-1-2-4-6-27(26)29/h1-2,7-12,19-21,26-27,29,41-42H,3-6,13-18,22H2,(H,39,43)(H,40,45)/b2-1-. The predicted molar refractivity (Wildman–Crippen MR) is 179 cm³/mol. The van der Waals surface area contributed by atoms with E-state index in [1.165, 1.54) is 43.2 Å². The highest BCUT2D eigenvalue weighted by Gasteiger charge is 2.54. The van der Waals surface area contributed by atoms with Crippen molar-refractivity contribution in [2.45, 2.75) is 31.3 Å². The number of fused-ring (bicyclic) bond motifs is 7. The highest BCUT2D eigenvalue weighted by molar-refractivity contribution is 6.01. The maximum Gasteiger partial charge on any atom is 0.407 e. The summed E-state index contributed by atoms with van der Waals surface area (Å²) in [5, 5.41) is 25.7. The molecule has 3 aromatic carbocycles. The number of amides is 2. The largest absolute Gasteiger partial charge is 0.508 e. The molecule has 50 heavy (non-hydrogen) atoms. The molecule has 262 valence electrons. The van der Waals surface area contributed by atoms with Gasteiger partial charge in [0.05, 0.1) is 38.6 Å². The Kier molecular flexibility index (Phi) is 9.64. The third kappa shape index (κ3) is 6.73. The molecule has 2 aliphatic heterocycles. The highest BCUT2D eigenvalue weighted by atomic mass is 16.6. The van der Waals surface area contributed by atoms with Crippen LogP contribution in [0.5, 0.6) is 23.0 Å². The first-order valence-electron chi connectivity index (χ1n) is 17.1. The molecule has 2 atom stereocenters. The molecule has 1 saturated carbocycles. The number of allylic oxidation sites excluding steroid dienone is 2. The zero-order valence-electron chi connectivity index (χ0n) is 27.5. The van der Waals surface area contributed by atoms with E-state index in [1.807, 2.05) is 0 Å². The molecule has 7 rings (SSSR count). The zero-order valence-corrected chi connectivity index (χ0v) is 27.5. The van der Waals surface area contributed by atoms with E-state index in [-0.39, 0.29) is 53.2 Å². The monoisotopic (exact) mass is 684 g/mol. The maximum absolute atomic E-state index is 13.3. The minimum absolute atomic E-state index is 0.0357. The molecule has 1 fully saturated rings. The summed E-state index contributed by atoms with van der Waals surface area (Å²) in [6, 6.07) is 13.8. The Hall–Kier alpha value is -5.07. The van der Waals surface area contributed by atoms with Crippen molar-refractivity contribution in [3.63, 3.8) is 0 Å². The molecule has 12 nitrogen and oxygen atoms in total. The number of phenolic OH excluding ortho intramolecular Hbond substituents is 2. The second-order valence-electron chi connectivity index (χ2n) is 12.9. The van der Waals surface area contributed by atoms with Crippen molar-refractivity contribution in [3.05, 3.63) is 94.6 Å². The molecule has 0 aromatic heterocycles. The fraction of sp³-hybridized carbons (Fsp3) is 0.395. The SMILES string of the molecule is O=C(NCCOCCOCCNC(=O)c1ccc2c(c1)C(=O)OC21c2ccc(O)cc2Oc2cc(O)ccc21)OCC1C2CC/C=C\CCC21. The second kappa shape index (κ2) is 14.4. The number of hydrogen-bond acceptors (Lipinski definition) is 10. The molecule has 0 radical (unpaired) electrons. The number of nitrogens with one attached hydrogen (secondary N) is 2. The van der Waals surface area contributed by atoms with Crippen LogP contribution in [-0.4, -0.2) is 74.3 Å². The Morgan fingerprint density at radius 2 is 1.38 bits per heavy atom. The van der Waals surface area contributed by atoms with Crippen LogP contribution >= 0.6 is 0 Å². The first kappa shape index (κ1) is 33.4. The van der Waals surface area contributed by atoms with Crippen LogP contribution in [-0.2, 0) is 24.5 Å². The fourth-order valence-corrected chi connectivity index (χ4v) is 7.40. The van der Waals surface area contributed by atoms with Crippen molar-refractivity contribution in [1.82, 2.24) is 10.6 Å². The number of hydrogen-bond donors (Lipinski definition) is 4. The van der Waals surface area contributed by atoms with E-state index in [4.69, 9.17) is 23.7 Å². The van der Waals surface area contributed by atoms with E-state index in [1.54, 1.807) is 24.3 Å². The lowest BCUT2D eigenvalue weighted by molar-refractivity contribution is 0.0224. The lowest BCUT2D eigenvalue weighted by Gasteiger charge is -2.36. The zero-order chi connectivity index (χ0) is 34.7. The van der Waals surface area contributed by atoms with Crippen LogP contribution in [0, 0.1) is 17.8 Å². The number of phenols is 2. The van der Waals surface area contributed by atoms with Gasteiger partial charge in [-0.15, -0.1) is 0 Å². The van der Waals surface area contributed by atoms with E-state index < -0.39 is 17.7 Å². The Morgan fingerprint density at radius 1 is 0.780 bits per heavy atom. The van der Waals surface area contributed by atoms with Gasteiger partial charge < -0.3 is 44.5 Å². The molecule has 1 spiro atoms. The van der Waals surface area contributed by atoms with Crippen LogP contribution in [0.2, 0.25) is 0 Å². The Balaban J connectivity index is 0.833. The average molecular weight is 685 g/mol. The quantitative estimate of drug-likeness (QED) is 0.114. The van der Waals surface area contributed by atoms with Gasteiger partial charge in [-0.25, -0.2) is 9.59 Å². The van der Waals surface area contributed by atoms with Crippen molar-refractivity contribution in [1.29, 1.82) is 0 Å². The topological polar surface area (TPSA) is 162 Å². The molecular formula is C38H40N2O10. The molecule has 12 heteroatoms. The van der Waals surface area contributed by atoms with Gasteiger partial charge in [0.1, 0.15) is 23.0 Å². The Labute approximate surface area is 289 Å². The van der Waals surface area contributed by atoms with Gasteiger partial charge in [-0.1, -0.05) is 18.2 Å². The second-order valence-corrected chi connectivity index (χ2v) is 12.9. The van der Waals surface area contributed by atoms with E-state index in [0.717, 1.165) is 12.8 Å². The molecule has 4 N–H and O–H groups in total. The van der Waals surface area contributed by atoms with Gasteiger partial charge in [-0.3, -0.25) is 4.79 Å². The van der Waals surface area contributed by atoms with Crippen LogP contribution in [0.3, 0.4) is 0 Å². The molecule has 2 heterocycles. The number of ether oxygens (including phenoxy) is 5. The van der Waals surface area contributed by atoms with E-state index in [2.05, 4.69) is 22.8 Å². The van der Waals surface area contributed by atoms with E-state index >= 15 is 0 Å². The maximum atomic E-state index is 13.3. The van der Waals surface area contributed by atoms with Crippen LogP contribution in [0.1, 0.15) is 63.1 Å². The van der Waals surface area contributed by atoms with Crippen molar-refractivity contribution in [2.24, 2.45) is 17.8 Å². The van der Waals surface area contributed by atoms with E-state index in [0.29, 0.717) is 67.4 Å². The molecule has 2 unspecified atom stereocenters. The number of carbonyl (C=O) groups excluding carboxylic acids is 3. The van der Waals surface area contributed by atoms with Gasteiger partial charge in [0.25, 0.3) is 5.91 Å². The number of aromatic hydroxyl groups is 2. The summed E-state index contributed by atoms with van der Waals surface area (Å²) in [5.74, 6) is 1.33. The van der Waals surface area contributed by atoms with E-state index in [9.17, 15) is 24.6 Å². The third-order valence-corrected chi connectivity index (χ3v) is 9.87. The highest BCUT2D eigenvalue weighted by Crippen LogP contribution is 2.57. The Bertz CT molecular complexity index is 1740. The first-order chi connectivity index (χ1) is 24.3. The predicted octanol–water partition coefficient (Wildman–Crippen LogP) is 5.15. The van der Waals surface area contributed by atoms with Gasteiger partial charge in [0.2, 0.25) is 0 Å². The van der Waals surface area contributed by atoms with Crippen LogP contribution < -0.4 is 15.4 Å². The number of carbonyl (C=O) groups is 3. The Morgan fingerprint density at radius 3 is 2.02 bits per heavy atom. The lowest BCUT2D eigenvalue weighted by atomic mass is 9.77. The number of alkyl carbamates (subject to hydrolysis) is 1. The minimum Gasteiger partial charge on any atom is -0.508 e. The van der Waals surface area contributed by atoms with Gasteiger partial charge in [0, 0.05) is 47.5 Å². The van der Waals surface area contributed by atoms with Crippen LogP contribution in [0.15, 0.2) is 66.7 Å². The number of rotatable bonds is 12. The third-order valence-electron chi connectivity index (χ3n) is 9.87. The molecular weight excluding hydrogens is 644 g/mol. The van der Waals surface area contributed by atoms with Gasteiger partial charge >= 0.3 is 12.1 Å². The molecule has 4 aliphatic rings.